The van der Waals surface area contributed by atoms with Gasteiger partial charge in [0, 0.05) is 0 Å². The second-order valence-corrected chi connectivity index (χ2v) is 6.59. The number of rotatable bonds is 7. The molecule has 2 aromatic rings. The fraction of sp³-hybridized carbons (Fsp3) is 0.273. The molecule has 28 heavy (non-hydrogen) atoms. The predicted molar refractivity (Wildman–Crippen MR) is 108 cm³/mol. The third-order valence-corrected chi connectivity index (χ3v) is 4.44. The molecule has 0 radical (unpaired) electrons. The lowest BCUT2D eigenvalue weighted by molar-refractivity contribution is -0.117. The van der Waals surface area contributed by atoms with E-state index in [9.17, 15) is 9.59 Å². The highest BCUT2D eigenvalue weighted by molar-refractivity contribution is 6.31. The van der Waals surface area contributed by atoms with E-state index in [4.69, 9.17) is 9.47 Å². The number of nitrogens with zero attached hydrogens (tertiary/aromatic N) is 1. The van der Waals surface area contributed by atoms with Crippen LogP contribution in [0.5, 0.6) is 11.5 Å². The first-order chi connectivity index (χ1) is 13.5. The Bertz CT molecular complexity index is 903. The first kappa shape index (κ1) is 19.5. The minimum Gasteiger partial charge on any atom is -0.493 e. The van der Waals surface area contributed by atoms with Gasteiger partial charge in [-0.3, -0.25) is 15.0 Å². The third-order valence-electron chi connectivity index (χ3n) is 4.44. The zero-order valence-electron chi connectivity index (χ0n) is 16.3. The van der Waals surface area contributed by atoms with Crippen LogP contribution < -0.4 is 19.9 Å². The molecule has 1 fully saturated rings. The molecule has 1 aliphatic heterocycles. The van der Waals surface area contributed by atoms with E-state index in [1.807, 2.05) is 19.1 Å². The van der Waals surface area contributed by atoms with Crippen LogP contribution >= 0.6 is 0 Å². The maximum Gasteiger partial charge on any atom is 0.282 e. The Hall–Kier alpha value is -3.28. The summed E-state index contributed by atoms with van der Waals surface area (Å²) in [5.41, 5.74) is 5.05. The number of aryl methyl sites for hydroxylation is 1. The molecular weight excluding hydrogens is 356 g/mol. The summed E-state index contributed by atoms with van der Waals surface area (Å²) in [6, 6.07) is 12.7. The Morgan fingerprint density at radius 1 is 1.07 bits per heavy atom. The molecular formula is C22H24N2O4. The van der Waals surface area contributed by atoms with Crippen LogP contribution in [0, 0.1) is 6.92 Å². The molecule has 6 heteroatoms. The minimum atomic E-state index is -0.437. The lowest BCUT2D eigenvalue weighted by Crippen LogP contribution is -2.35. The summed E-state index contributed by atoms with van der Waals surface area (Å²) in [6.45, 7) is 4.67. The number of nitrogens with one attached hydrogen (secondary N) is 1. The molecule has 1 heterocycles. The quantitative estimate of drug-likeness (QED) is 0.452. The Balaban J connectivity index is 1.83. The van der Waals surface area contributed by atoms with Gasteiger partial charge in [0.05, 0.1) is 19.4 Å². The zero-order valence-corrected chi connectivity index (χ0v) is 16.3. The summed E-state index contributed by atoms with van der Waals surface area (Å²) >= 11 is 0. The molecule has 146 valence electrons. The van der Waals surface area contributed by atoms with E-state index in [0.29, 0.717) is 29.4 Å². The van der Waals surface area contributed by atoms with Crippen molar-refractivity contribution in [3.8, 4) is 11.5 Å². The Labute approximate surface area is 164 Å². The average Bonchev–Trinajstić information content (AvgIpc) is 2.98. The van der Waals surface area contributed by atoms with Crippen molar-refractivity contribution < 1.29 is 19.1 Å². The molecule has 0 saturated carbocycles. The maximum atomic E-state index is 12.7. The number of methoxy groups -OCH3 is 1. The number of hydrogen-bond acceptors (Lipinski definition) is 4. The summed E-state index contributed by atoms with van der Waals surface area (Å²) in [4.78, 5) is 25.1. The monoisotopic (exact) mass is 380 g/mol. The number of hydrogen-bond donors (Lipinski definition) is 1. The van der Waals surface area contributed by atoms with Crippen LogP contribution in [-0.4, -0.2) is 25.5 Å². The summed E-state index contributed by atoms with van der Waals surface area (Å²) in [7, 11) is 1.56. The minimum absolute atomic E-state index is 0.0716. The van der Waals surface area contributed by atoms with Crippen molar-refractivity contribution in [2.45, 2.75) is 26.7 Å². The summed E-state index contributed by atoms with van der Waals surface area (Å²) in [6.07, 6.45) is 3.56. The molecule has 0 spiro atoms. The molecule has 2 aromatic carbocycles. The third kappa shape index (κ3) is 4.17. The maximum absolute atomic E-state index is 12.7. The lowest BCUT2D eigenvalue weighted by Gasteiger charge is -2.14. The van der Waals surface area contributed by atoms with Gasteiger partial charge in [-0.25, -0.2) is 5.01 Å². The highest BCUT2D eigenvalue weighted by Crippen LogP contribution is 2.30. The molecule has 6 nitrogen and oxygen atoms in total. The van der Waals surface area contributed by atoms with E-state index in [1.165, 1.54) is 5.01 Å². The smallest absolute Gasteiger partial charge is 0.282 e. The van der Waals surface area contributed by atoms with Crippen molar-refractivity contribution in [1.82, 2.24) is 5.43 Å². The summed E-state index contributed by atoms with van der Waals surface area (Å²) in [5.74, 6) is 0.372. The van der Waals surface area contributed by atoms with Crippen molar-refractivity contribution in [2.75, 3.05) is 18.7 Å². The highest BCUT2D eigenvalue weighted by Gasteiger charge is 2.34. The van der Waals surface area contributed by atoms with Crippen LogP contribution in [0.2, 0.25) is 0 Å². The SMILES string of the molecule is CCCCOc1ccc(/C=C2\C(=O)NN(c3ccc(C)cc3)C2=O)cc1OC. The van der Waals surface area contributed by atoms with Gasteiger partial charge in [-0.2, -0.15) is 0 Å². The summed E-state index contributed by atoms with van der Waals surface area (Å²) in [5, 5.41) is 1.26. The molecule has 2 amide bonds. The van der Waals surface area contributed by atoms with E-state index in [1.54, 1.807) is 43.5 Å². The van der Waals surface area contributed by atoms with Gasteiger partial charge < -0.3 is 9.47 Å². The van der Waals surface area contributed by atoms with Crippen LogP contribution in [0.1, 0.15) is 30.9 Å². The fourth-order valence-corrected chi connectivity index (χ4v) is 2.82. The van der Waals surface area contributed by atoms with Gasteiger partial charge in [0.25, 0.3) is 11.8 Å². The molecule has 0 aliphatic carbocycles. The molecule has 0 unspecified atom stereocenters. The van der Waals surface area contributed by atoms with Crippen molar-refractivity contribution in [3.05, 3.63) is 59.2 Å². The number of ether oxygens (including phenoxy) is 2. The topological polar surface area (TPSA) is 67.9 Å². The Morgan fingerprint density at radius 3 is 2.50 bits per heavy atom. The number of anilines is 1. The highest BCUT2D eigenvalue weighted by atomic mass is 16.5. The van der Waals surface area contributed by atoms with Crippen molar-refractivity contribution in [2.24, 2.45) is 0 Å². The molecule has 1 saturated heterocycles. The van der Waals surface area contributed by atoms with Crippen LogP contribution in [0.3, 0.4) is 0 Å². The van der Waals surface area contributed by atoms with Crippen molar-refractivity contribution >= 4 is 23.6 Å². The van der Waals surface area contributed by atoms with E-state index >= 15 is 0 Å². The fourth-order valence-electron chi connectivity index (χ4n) is 2.82. The number of hydrazine groups is 1. The number of carbonyl (C=O) groups is 2. The van der Waals surface area contributed by atoms with E-state index < -0.39 is 11.8 Å². The molecule has 1 N–H and O–H groups in total. The van der Waals surface area contributed by atoms with Gasteiger partial charge >= 0.3 is 0 Å². The van der Waals surface area contributed by atoms with Gasteiger partial charge in [-0.15, -0.1) is 0 Å². The second-order valence-electron chi connectivity index (χ2n) is 6.59. The molecule has 1 aliphatic rings. The van der Waals surface area contributed by atoms with Crippen LogP contribution in [0.4, 0.5) is 5.69 Å². The van der Waals surface area contributed by atoms with Gasteiger partial charge in [0.1, 0.15) is 5.57 Å². The Kier molecular flexibility index (Phi) is 5.99. The molecule has 0 aromatic heterocycles. The average molecular weight is 380 g/mol. The Morgan fingerprint density at radius 2 is 1.82 bits per heavy atom. The first-order valence-corrected chi connectivity index (χ1v) is 9.28. The number of benzene rings is 2. The molecule has 0 bridgehead atoms. The number of unbranched alkanes of at least 4 members (excludes halogenated alkanes) is 1. The van der Waals surface area contributed by atoms with Gasteiger partial charge in [-0.1, -0.05) is 37.1 Å². The standard InChI is InChI=1S/C22H24N2O4/c1-4-5-12-28-19-11-8-16(14-20(19)27-3)13-18-21(25)23-24(22(18)26)17-9-6-15(2)7-10-17/h6-11,13-14H,4-5,12H2,1-3H3,(H,23,25)/b18-13+. The normalized spacial score (nSPS) is 15.1. The number of amides is 2. The number of carbonyl (C=O) groups excluding carboxylic acids is 2. The largest absolute Gasteiger partial charge is 0.493 e. The summed E-state index contributed by atoms with van der Waals surface area (Å²) < 4.78 is 11.1. The van der Waals surface area contributed by atoms with E-state index in [0.717, 1.165) is 18.4 Å². The van der Waals surface area contributed by atoms with Crippen LogP contribution in [-0.2, 0) is 9.59 Å². The van der Waals surface area contributed by atoms with Crippen molar-refractivity contribution in [3.63, 3.8) is 0 Å². The van der Waals surface area contributed by atoms with E-state index in [-0.39, 0.29) is 5.57 Å². The lowest BCUT2D eigenvalue weighted by atomic mass is 10.1. The van der Waals surface area contributed by atoms with Crippen LogP contribution in [0.25, 0.3) is 6.08 Å². The molecule has 0 atom stereocenters. The van der Waals surface area contributed by atoms with Gasteiger partial charge in [0.2, 0.25) is 0 Å². The van der Waals surface area contributed by atoms with Gasteiger partial charge in [-0.05, 0) is 49.2 Å². The first-order valence-electron chi connectivity index (χ1n) is 9.28. The zero-order chi connectivity index (χ0) is 20.1. The van der Waals surface area contributed by atoms with Crippen LogP contribution in [0.15, 0.2) is 48.0 Å². The van der Waals surface area contributed by atoms with Crippen molar-refractivity contribution in [1.29, 1.82) is 0 Å². The van der Waals surface area contributed by atoms with E-state index in [2.05, 4.69) is 12.3 Å². The second kappa shape index (κ2) is 8.61. The molecule has 3 rings (SSSR count). The van der Waals surface area contributed by atoms with Gasteiger partial charge in [0.15, 0.2) is 11.5 Å². The predicted octanol–water partition coefficient (Wildman–Crippen LogP) is 3.64.